The van der Waals surface area contributed by atoms with Crippen LogP contribution in [0, 0.1) is 18.7 Å². The molecule has 0 bridgehead atoms. The zero-order chi connectivity index (χ0) is 28.9. The van der Waals surface area contributed by atoms with Crippen molar-refractivity contribution < 1.29 is 27.5 Å². The van der Waals surface area contributed by atoms with E-state index in [0.717, 1.165) is 6.20 Å². The molecule has 41 heavy (non-hydrogen) atoms. The number of pyridine rings is 1. The standard InChI is InChI=1S/C27H29F3N8O3/c1-15-10-32-22(12-31-15)37-13-21(27(29,30)14-37)34-24(39)16-3-6-38(26(9-16)4-5-26)25(40)20-8-19(35-36-20)17-7-23(41-2)33-11-18(17)28/h7-8,10-12,16,21H,3-6,9,13-14H2,1-2H3,(H,34,39)(H,35,36)/t16-,21?/m0/s1. The lowest BCUT2D eigenvalue weighted by Crippen LogP contribution is -2.54. The highest BCUT2D eigenvalue weighted by atomic mass is 19.3. The average Bonchev–Trinajstić information content (AvgIpc) is 3.40. The highest BCUT2D eigenvalue weighted by molar-refractivity contribution is 5.94. The van der Waals surface area contributed by atoms with E-state index in [2.05, 4.69) is 30.5 Å². The number of nitrogens with one attached hydrogen (secondary N) is 2. The third-order valence-electron chi connectivity index (χ3n) is 8.19. The van der Waals surface area contributed by atoms with Gasteiger partial charge in [0.15, 0.2) is 5.82 Å². The van der Waals surface area contributed by atoms with Gasteiger partial charge in [-0.05, 0) is 38.7 Å². The largest absolute Gasteiger partial charge is 0.481 e. The van der Waals surface area contributed by atoms with Gasteiger partial charge >= 0.3 is 0 Å². The molecule has 0 aromatic carbocycles. The Morgan fingerprint density at radius 1 is 1.15 bits per heavy atom. The van der Waals surface area contributed by atoms with E-state index in [-0.39, 0.29) is 41.8 Å². The first kappa shape index (κ1) is 27.0. The number of hydrogen-bond acceptors (Lipinski definition) is 8. The van der Waals surface area contributed by atoms with Crippen LogP contribution in [-0.2, 0) is 4.79 Å². The molecule has 3 aliphatic rings. The second-order valence-electron chi connectivity index (χ2n) is 11.0. The Morgan fingerprint density at radius 2 is 1.95 bits per heavy atom. The number of alkyl halides is 2. The summed E-state index contributed by atoms with van der Waals surface area (Å²) in [5.41, 5.74) is 0.721. The van der Waals surface area contributed by atoms with Crippen molar-refractivity contribution in [3.63, 3.8) is 0 Å². The molecule has 6 rings (SSSR count). The molecule has 2 amide bonds. The molecule has 5 heterocycles. The maximum Gasteiger partial charge on any atom is 0.286 e. The molecule has 1 unspecified atom stereocenters. The predicted molar refractivity (Wildman–Crippen MR) is 140 cm³/mol. The number of H-pyrrole nitrogens is 1. The number of amides is 2. The summed E-state index contributed by atoms with van der Waals surface area (Å²) in [5, 5.41) is 9.39. The van der Waals surface area contributed by atoms with Crippen molar-refractivity contribution in [2.24, 2.45) is 5.92 Å². The van der Waals surface area contributed by atoms with E-state index in [0.29, 0.717) is 37.2 Å². The third kappa shape index (κ3) is 5.06. The maximum absolute atomic E-state index is 14.9. The van der Waals surface area contributed by atoms with E-state index in [9.17, 15) is 22.8 Å². The highest BCUT2D eigenvalue weighted by Crippen LogP contribution is 2.50. The molecular formula is C27H29F3N8O3. The van der Waals surface area contributed by atoms with Crippen LogP contribution in [0.25, 0.3) is 11.3 Å². The predicted octanol–water partition coefficient (Wildman–Crippen LogP) is 2.74. The van der Waals surface area contributed by atoms with Crippen molar-refractivity contribution in [3.05, 3.63) is 47.9 Å². The molecule has 3 fully saturated rings. The molecule has 2 N–H and O–H groups in total. The normalized spacial score (nSPS) is 22.6. The van der Waals surface area contributed by atoms with Crippen LogP contribution in [-0.4, -0.2) is 86.1 Å². The van der Waals surface area contributed by atoms with Crippen molar-refractivity contribution in [1.82, 2.24) is 35.4 Å². The summed E-state index contributed by atoms with van der Waals surface area (Å²) < 4.78 is 49.1. The Labute approximate surface area is 233 Å². The summed E-state index contributed by atoms with van der Waals surface area (Å²) in [6.07, 6.45) is 6.12. The minimum Gasteiger partial charge on any atom is -0.481 e. The summed E-state index contributed by atoms with van der Waals surface area (Å²) in [7, 11) is 1.41. The first-order valence-corrected chi connectivity index (χ1v) is 13.4. The molecule has 2 saturated heterocycles. The number of carbonyl (C=O) groups excluding carboxylic acids is 2. The molecule has 2 atom stereocenters. The lowest BCUT2D eigenvalue weighted by atomic mass is 9.87. The van der Waals surface area contributed by atoms with Crippen LogP contribution >= 0.6 is 0 Å². The number of aryl methyl sites for hydroxylation is 1. The molecule has 0 radical (unpaired) electrons. The number of carbonyl (C=O) groups is 2. The minimum atomic E-state index is -3.13. The summed E-state index contributed by atoms with van der Waals surface area (Å²) in [5.74, 6) is -4.43. The lowest BCUT2D eigenvalue weighted by Gasteiger charge is -2.39. The van der Waals surface area contributed by atoms with E-state index in [1.807, 2.05) is 0 Å². The zero-order valence-electron chi connectivity index (χ0n) is 22.5. The molecule has 11 nitrogen and oxygen atoms in total. The number of halogens is 3. The van der Waals surface area contributed by atoms with Crippen molar-refractivity contribution >= 4 is 17.6 Å². The van der Waals surface area contributed by atoms with E-state index < -0.39 is 41.7 Å². The number of anilines is 1. The Morgan fingerprint density at radius 3 is 2.66 bits per heavy atom. The number of hydrogen-bond donors (Lipinski definition) is 2. The van der Waals surface area contributed by atoms with Gasteiger partial charge in [0, 0.05) is 36.2 Å². The number of rotatable bonds is 6. The smallest absolute Gasteiger partial charge is 0.286 e. The summed E-state index contributed by atoms with van der Waals surface area (Å²) >= 11 is 0. The van der Waals surface area contributed by atoms with Gasteiger partial charge in [-0.1, -0.05) is 0 Å². The molecule has 3 aromatic rings. The Hall–Kier alpha value is -4.23. The van der Waals surface area contributed by atoms with E-state index in [4.69, 9.17) is 4.74 Å². The Balaban J connectivity index is 1.11. The quantitative estimate of drug-likeness (QED) is 0.463. The molecule has 1 saturated carbocycles. The minimum absolute atomic E-state index is 0.0783. The molecule has 3 aromatic heterocycles. The van der Waals surface area contributed by atoms with Gasteiger partial charge in [-0.3, -0.25) is 19.7 Å². The zero-order valence-corrected chi connectivity index (χ0v) is 22.5. The van der Waals surface area contributed by atoms with Crippen molar-refractivity contribution in [2.75, 3.05) is 31.6 Å². The second-order valence-corrected chi connectivity index (χ2v) is 11.0. The molecule has 1 aliphatic carbocycles. The fourth-order valence-corrected chi connectivity index (χ4v) is 5.74. The molecule has 2 aliphatic heterocycles. The summed E-state index contributed by atoms with van der Waals surface area (Å²) in [6, 6.07) is 1.51. The molecule has 14 heteroatoms. The number of ether oxygens (including phenoxy) is 1. The Kier molecular flexibility index (Phi) is 6.57. The first-order chi connectivity index (χ1) is 19.6. The summed E-state index contributed by atoms with van der Waals surface area (Å²) in [4.78, 5) is 41.9. The number of nitrogens with zero attached hydrogens (tertiary/aromatic N) is 6. The highest BCUT2D eigenvalue weighted by Gasteiger charge is 2.56. The van der Waals surface area contributed by atoms with Crippen LogP contribution in [0.5, 0.6) is 5.88 Å². The van der Waals surface area contributed by atoms with Gasteiger partial charge in [0.25, 0.3) is 11.8 Å². The van der Waals surface area contributed by atoms with Crippen LogP contribution in [0.15, 0.2) is 30.7 Å². The lowest BCUT2D eigenvalue weighted by molar-refractivity contribution is -0.130. The van der Waals surface area contributed by atoms with Gasteiger partial charge < -0.3 is 19.9 Å². The monoisotopic (exact) mass is 570 g/mol. The van der Waals surface area contributed by atoms with Crippen LogP contribution in [0.3, 0.4) is 0 Å². The van der Waals surface area contributed by atoms with Gasteiger partial charge in [0.1, 0.15) is 17.6 Å². The third-order valence-corrected chi connectivity index (χ3v) is 8.19. The van der Waals surface area contributed by atoms with Crippen LogP contribution in [0.2, 0.25) is 0 Å². The van der Waals surface area contributed by atoms with E-state index >= 15 is 0 Å². The number of piperidine rings is 1. The Bertz CT molecular complexity index is 1480. The van der Waals surface area contributed by atoms with E-state index in [1.54, 1.807) is 11.8 Å². The maximum atomic E-state index is 14.9. The van der Waals surface area contributed by atoms with Gasteiger partial charge in [0.05, 0.1) is 43.6 Å². The van der Waals surface area contributed by atoms with Crippen LogP contribution in [0.4, 0.5) is 19.0 Å². The van der Waals surface area contributed by atoms with Gasteiger partial charge in [0.2, 0.25) is 11.8 Å². The SMILES string of the molecule is COc1cc(-c2cc(C(=O)N3CC[C@H](C(=O)NC4CN(c5cnc(C)cn5)CC4(F)F)CC34CC4)[nH]n2)c(F)cn1. The molecule has 1 spiro atoms. The van der Waals surface area contributed by atoms with Gasteiger partial charge in [-0.15, -0.1) is 0 Å². The van der Waals surface area contributed by atoms with E-state index in [1.165, 1.54) is 36.5 Å². The van der Waals surface area contributed by atoms with Crippen LogP contribution in [0.1, 0.15) is 41.9 Å². The van der Waals surface area contributed by atoms with Crippen LogP contribution < -0.4 is 15.0 Å². The topological polar surface area (TPSA) is 129 Å². The average molecular weight is 571 g/mol. The number of methoxy groups -OCH3 is 1. The number of aromatic amines is 1. The summed E-state index contributed by atoms with van der Waals surface area (Å²) in [6.45, 7) is 1.41. The van der Waals surface area contributed by atoms with Crippen molar-refractivity contribution in [1.29, 1.82) is 0 Å². The van der Waals surface area contributed by atoms with Crippen molar-refractivity contribution in [3.8, 4) is 17.1 Å². The van der Waals surface area contributed by atoms with Gasteiger partial charge in [-0.25, -0.2) is 23.1 Å². The fraction of sp³-hybridized carbons (Fsp3) is 0.481. The van der Waals surface area contributed by atoms with Gasteiger partial charge in [-0.2, -0.15) is 5.10 Å². The molecule has 216 valence electrons. The fourth-order valence-electron chi connectivity index (χ4n) is 5.74. The first-order valence-electron chi connectivity index (χ1n) is 13.4. The number of likely N-dealkylation sites (tertiary alicyclic amines) is 1. The second kappa shape index (κ2) is 10.00. The molecular weight excluding hydrogens is 541 g/mol. The number of aromatic nitrogens is 5. The van der Waals surface area contributed by atoms with Crippen molar-refractivity contribution in [2.45, 2.75) is 50.1 Å².